The van der Waals surface area contributed by atoms with Gasteiger partial charge in [0.05, 0.1) is 24.6 Å². The molecule has 0 amide bonds. The SMILES string of the molecule is COc1ccc(C2=NN(c3ccccc3)[C@@H](c3cccs3)C2)cc1. The Kier molecular flexibility index (Phi) is 4.05. The Morgan fingerprint density at radius 1 is 1.00 bits per heavy atom. The maximum atomic E-state index is 5.25. The molecule has 4 heteroatoms. The molecule has 1 aliphatic rings. The number of benzene rings is 2. The number of hydrogen-bond donors (Lipinski definition) is 0. The van der Waals surface area contributed by atoms with Gasteiger partial charge in [0.1, 0.15) is 5.75 Å². The van der Waals surface area contributed by atoms with E-state index in [-0.39, 0.29) is 6.04 Å². The molecule has 3 nitrogen and oxygen atoms in total. The van der Waals surface area contributed by atoms with E-state index < -0.39 is 0 Å². The maximum Gasteiger partial charge on any atom is 0.118 e. The fourth-order valence-corrected chi connectivity index (χ4v) is 3.80. The third-order valence-electron chi connectivity index (χ3n) is 4.23. The molecule has 1 aliphatic heterocycles. The Bertz CT molecular complexity index is 826. The van der Waals surface area contributed by atoms with Gasteiger partial charge in [-0.1, -0.05) is 24.3 Å². The van der Waals surface area contributed by atoms with Crippen LogP contribution < -0.4 is 9.75 Å². The van der Waals surface area contributed by atoms with Crippen LogP contribution >= 0.6 is 11.3 Å². The van der Waals surface area contributed by atoms with Gasteiger partial charge in [-0.25, -0.2) is 0 Å². The first kappa shape index (κ1) is 15.0. The summed E-state index contributed by atoms with van der Waals surface area (Å²) < 4.78 is 5.25. The molecule has 0 unspecified atom stereocenters. The fourth-order valence-electron chi connectivity index (χ4n) is 2.99. The van der Waals surface area contributed by atoms with Gasteiger partial charge in [0.15, 0.2) is 0 Å². The van der Waals surface area contributed by atoms with Gasteiger partial charge in [0.2, 0.25) is 0 Å². The second kappa shape index (κ2) is 6.49. The molecule has 0 aliphatic carbocycles. The van der Waals surface area contributed by atoms with Crippen molar-refractivity contribution in [2.75, 3.05) is 12.1 Å². The summed E-state index contributed by atoms with van der Waals surface area (Å²) in [5.41, 5.74) is 3.38. The first-order valence-corrected chi connectivity index (χ1v) is 8.83. The smallest absolute Gasteiger partial charge is 0.118 e. The number of methoxy groups -OCH3 is 1. The molecule has 1 aromatic heterocycles. The number of hydrazone groups is 1. The predicted molar refractivity (Wildman–Crippen MR) is 100 cm³/mol. The summed E-state index contributed by atoms with van der Waals surface area (Å²) in [6.07, 6.45) is 0.905. The summed E-state index contributed by atoms with van der Waals surface area (Å²) >= 11 is 1.79. The van der Waals surface area contributed by atoms with Crippen molar-refractivity contribution in [3.8, 4) is 5.75 Å². The molecule has 0 saturated carbocycles. The highest BCUT2D eigenvalue weighted by molar-refractivity contribution is 7.10. The summed E-state index contributed by atoms with van der Waals surface area (Å²) in [6.45, 7) is 0. The molecular formula is C20H18N2OS. The summed E-state index contributed by atoms with van der Waals surface area (Å²) in [6, 6.07) is 23.1. The van der Waals surface area contributed by atoms with Gasteiger partial charge < -0.3 is 4.74 Å². The number of para-hydroxylation sites is 1. The van der Waals surface area contributed by atoms with Crippen molar-refractivity contribution in [3.63, 3.8) is 0 Å². The molecule has 3 aromatic rings. The Morgan fingerprint density at radius 2 is 1.79 bits per heavy atom. The number of rotatable bonds is 4. The fraction of sp³-hybridized carbons (Fsp3) is 0.150. The second-order valence-electron chi connectivity index (χ2n) is 5.69. The highest BCUT2D eigenvalue weighted by Gasteiger charge is 2.30. The molecule has 2 aromatic carbocycles. The van der Waals surface area contributed by atoms with E-state index in [9.17, 15) is 0 Å². The molecule has 1 atom stereocenters. The average molecular weight is 334 g/mol. The molecule has 120 valence electrons. The van der Waals surface area contributed by atoms with Crippen molar-refractivity contribution in [2.45, 2.75) is 12.5 Å². The van der Waals surface area contributed by atoms with Gasteiger partial charge in [0, 0.05) is 11.3 Å². The number of ether oxygens (including phenoxy) is 1. The molecule has 2 heterocycles. The number of hydrogen-bond acceptors (Lipinski definition) is 4. The predicted octanol–water partition coefficient (Wildman–Crippen LogP) is 5.11. The zero-order chi connectivity index (χ0) is 16.4. The monoisotopic (exact) mass is 334 g/mol. The minimum absolute atomic E-state index is 0.254. The summed E-state index contributed by atoms with van der Waals surface area (Å²) in [4.78, 5) is 1.34. The highest BCUT2D eigenvalue weighted by atomic mass is 32.1. The van der Waals surface area contributed by atoms with Crippen LogP contribution in [0.2, 0.25) is 0 Å². The maximum absolute atomic E-state index is 5.25. The molecule has 0 fully saturated rings. The van der Waals surface area contributed by atoms with Gasteiger partial charge in [-0.2, -0.15) is 5.10 Å². The Balaban J connectivity index is 1.70. The van der Waals surface area contributed by atoms with E-state index in [1.807, 2.05) is 18.2 Å². The van der Waals surface area contributed by atoms with Gasteiger partial charge in [-0.05, 0) is 53.4 Å². The average Bonchev–Trinajstić information content (AvgIpc) is 3.32. The van der Waals surface area contributed by atoms with E-state index >= 15 is 0 Å². The van der Waals surface area contributed by atoms with E-state index in [4.69, 9.17) is 9.84 Å². The number of nitrogens with zero attached hydrogens (tertiary/aromatic N) is 2. The molecule has 0 spiro atoms. The standard InChI is InChI=1S/C20H18N2OS/c1-23-17-11-9-15(10-12-17)18-14-19(20-8-5-13-24-20)22(21-18)16-6-3-2-4-7-16/h2-13,19H,14H2,1H3/t19-/m1/s1. The minimum Gasteiger partial charge on any atom is -0.497 e. The molecular weight excluding hydrogens is 316 g/mol. The van der Waals surface area contributed by atoms with Gasteiger partial charge in [0.25, 0.3) is 0 Å². The van der Waals surface area contributed by atoms with Crippen LogP contribution in [0.5, 0.6) is 5.75 Å². The third kappa shape index (κ3) is 2.81. The highest BCUT2D eigenvalue weighted by Crippen LogP contribution is 2.38. The molecule has 4 rings (SSSR count). The normalized spacial score (nSPS) is 17.0. The van der Waals surface area contributed by atoms with Crippen LogP contribution in [0.3, 0.4) is 0 Å². The van der Waals surface area contributed by atoms with Crippen molar-refractivity contribution >= 4 is 22.7 Å². The summed E-state index contributed by atoms with van der Waals surface area (Å²) in [5, 5.41) is 9.21. The quantitative estimate of drug-likeness (QED) is 0.662. The van der Waals surface area contributed by atoms with Crippen LogP contribution in [0.1, 0.15) is 22.9 Å². The zero-order valence-corrected chi connectivity index (χ0v) is 14.2. The second-order valence-corrected chi connectivity index (χ2v) is 6.67. The lowest BCUT2D eigenvalue weighted by molar-refractivity contribution is 0.415. The van der Waals surface area contributed by atoms with E-state index in [0.29, 0.717) is 0 Å². The molecule has 0 radical (unpaired) electrons. The van der Waals surface area contributed by atoms with Crippen LogP contribution in [0.15, 0.2) is 77.2 Å². The lowest BCUT2D eigenvalue weighted by Gasteiger charge is -2.22. The molecule has 0 bridgehead atoms. The Labute approximate surface area is 145 Å². The lowest BCUT2D eigenvalue weighted by Crippen LogP contribution is -2.17. The van der Waals surface area contributed by atoms with Crippen molar-refractivity contribution < 1.29 is 4.74 Å². The van der Waals surface area contributed by atoms with Gasteiger partial charge in [-0.3, -0.25) is 5.01 Å². The van der Waals surface area contributed by atoms with Crippen molar-refractivity contribution in [1.82, 2.24) is 0 Å². The van der Waals surface area contributed by atoms with Gasteiger partial charge >= 0.3 is 0 Å². The van der Waals surface area contributed by atoms with Crippen LogP contribution in [0.25, 0.3) is 0 Å². The van der Waals surface area contributed by atoms with Crippen molar-refractivity contribution in [2.24, 2.45) is 5.10 Å². The topological polar surface area (TPSA) is 24.8 Å². The van der Waals surface area contributed by atoms with Crippen molar-refractivity contribution in [1.29, 1.82) is 0 Å². The van der Waals surface area contributed by atoms with Crippen LogP contribution in [-0.4, -0.2) is 12.8 Å². The van der Waals surface area contributed by atoms with E-state index in [0.717, 1.165) is 29.1 Å². The van der Waals surface area contributed by atoms with E-state index in [1.54, 1.807) is 18.4 Å². The third-order valence-corrected chi connectivity index (χ3v) is 5.20. The number of anilines is 1. The summed E-state index contributed by atoms with van der Waals surface area (Å²) in [5.74, 6) is 0.868. The van der Waals surface area contributed by atoms with Gasteiger partial charge in [-0.15, -0.1) is 11.3 Å². The van der Waals surface area contributed by atoms with Crippen LogP contribution in [0, 0.1) is 0 Å². The Hall–Kier alpha value is -2.59. The van der Waals surface area contributed by atoms with E-state index in [1.165, 1.54) is 4.88 Å². The van der Waals surface area contributed by atoms with Crippen LogP contribution in [-0.2, 0) is 0 Å². The zero-order valence-electron chi connectivity index (χ0n) is 13.4. The number of thiophene rings is 1. The summed E-state index contributed by atoms with van der Waals surface area (Å²) in [7, 11) is 1.69. The molecule has 24 heavy (non-hydrogen) atoms. The minimum atomic E-state index is 0.254. The van der Waals surface area contributed by atoms with Crippen LogP contribution in [0.4, 0.5) is 5.69 Å². The first-order valence-electron chi connectivity index (χ1n) is 7.95. The van der Waals surface area contributed by atoms with E-state index in [2.05, 4.69) is 58.9 Å². The molecule has 0 N–H and O–H groups in total. The largest absolute Gasteiger partial charge is 0.497 e. The lowest BCUT2D eigenvalue weighted by atomic mass is 10.0. The first-order chi connectivity index (χ1) is 11.8. The van der Waals surface area contributed by atoms with Crippen molar-refractivity contribution in [3.05, 3.63) is 82.6 Å². The molecule has 0 saturated heterocycles. The Morgan fingerprint density at radius 3 is 2.46 bits per heavy atom.